The molecule has 1 atom stereocenters. The summed E-state index contributed by atoms with van der Waals surface area (Å²) in [4.78, 5) is 0. The van der Waals surface area contributed by atoms with Crippen LogP contribution in [-0.2, 0) is 6.54 Å². The molecular formula is C14H18N2O. The summed E-state index contributed by atoms with van der Waals surface area (Å²) in [5.74, 6) is 0. The summed E-state index contributed by atoms with van der Waals surface area (Å²) in [6.07, 6.45) is 1.54. The van der Waals surface area contributed by atoms with E-state index in [0.717, 1.165) is 12.2 Å². The topological polar surface area (TPSA) is 37.2 Å². The minimum Gasteiger partial charge on any atom is -0.386 e. The Morgan fingerprint density at radius 2 is 1.94 bits per heavy atom. The van der Waals surface area contributed by atoms with Crippen LogP contribution in [0.5, 0.6) is 0 Å². The number of rotatable bonds is 5. The number of hydrogen-bond donors (Lipinski definition) is 2. The van der Waals surface area contributed by atoms with Crippen molar-refractivity contribution in [2.75, 3.05) is 13.6 Å². The van der Waals surface area contributed by atoms with Crippen LogP contribution < -0.4 is 5.32 Å². The normalized spacial score (nSPS) is 12.6. The largest absolute Gasteiger partial charge is 0.386 e. The van der Waals surface area contributed by atoms with Crippen molar-refractivity contribution in [1.29, 1.82) is 0 Å². The van der Waals surface area contributed by atoms with Crippen LogP contribution in [0.1, 0.15) is 17.4 Å². The molecule has 0 fully saturated rings. The molecule has 0 saturated carbocycles. The molecule has 0 aliphatic carbocycles. The molecular weight excluding hydrogens is 212 g/mol. The molecule has 0 radical (unpaired) electrons. The Hall–Kier alpha value is -1.58. The molecule has 2 N–H and O–H groups in total. The van der Waals surface area contributed by atoms with Crippen LogP contribution in [0, 0.1) is 0 Å². The van der Waals surface area contributed by atoms with Gasteiger partial charge < -0.3 is 15.0 Å². The van der Waals surface area contributed by atoms with Crippen LogP contribution in [-0.4, -0.2) is 23.3 Å². The first kappa shape index (κ1) is 11.9. The van der Waals surface area contributed by atoms with E-state index in [1.165, 1.54) is 5.56 Å². The zero-order valence-electron chi connectivity index (χ0n) is 10.0. The molecule has 2 aromatic rings. The summed E-state index contributed by atoms with van der Waals surface area (Å²) in [5, 5.41) is 13.0. The predicted molar refractivity (Wildman–Crippen MR) is 68.9 cm³/mol. The minimum absolute atomic E-state index is 0.460. The molecule has 0 bridgehead atoms. The highest BCUT2D eigenvalue weighted by molar-refractivity contribution is 5.18. The third kappa shape index (κ3) is 2.96. The van der Waals surface area contributed by atoms with Crippen LogP contribution in [0.15, 0.2) is 48.7 Å². The molecule has 1 aromatic carbocycles. The van der Waals surface area contributed by atoms with Crippen LogP contribution in [0.4, 0.5) is 0 Å². The van der Waals surface area contributed by atoms with E-state index >= 15 is 0 Å². The van der Waals surface area contributed by atoms with Crippen molar-refractivity contribution in [2.45, 2.75) is 12.6 Å². The molecule has 0 aliphatic rings. The van der Waals surface area contributed by atoms with Crippen LogP contribution >= 0.6 is 0 Å². The Bertz CT molecular complexity index is 450. The number of hydrogen-bond acceptors (Lipinski definition) is 2. The van der Waals surface area contributed by atoms with Gasteiger partial charge in [0.2, 0.25) is 0 Å². The molecule has 0 amide bonds. The van der Waals surface area contributed by atoms with E-state index in [2.05, 4.69) is 22.0 Å². The molecule has 0 saturated heterocycles. The van der Waals surface area contributed by atoms with Gasteiger partial charge in [-0.05, 0) is 24.7 Å². The second kappa shape index (κ2) is 5.66. The maximum absolute atomic E-state index is 9.98. The zero-order valence-corrected chi connectivity index (χ0v) is 10.0. The van der Waals surface area contributed by atoms with Gasteiger partial charge >= 0.3 is 0 Å². The zero-order chi connectivity index (χ0) is 12.1. The first-order chi connectivity index (χ1) is 8.31. The smallest absolute Gasteiger partial charge is 0.106 e. The first-order valence-corrected chi connectivity index (χ1v) is 5.83. The van der Waals surface area contributed by atoms with E-state index < -0.39 is 6.10 Å². The summed E-state index contributed by atoms with van der Waals surface area (Å²) in [7, 11) is 1.84. The van der Waals surface area contributed by atoms with Crippen molar-refractivity contribution in [3.05, 3.63) is 59.9 Å². The Morgan fingerprint density at radius 1 is 1.18 bits per heavy atom. The van der Waals surface area contributed by atoms with Gasteiger partial charge in [0.1, 0.15) is 6.10 Å². The van der Waals surface area contributed by atoms with Crippen molar-refractivity contribution >= 4 is 0 Å². The van der Waals surface area contributed by atoms with Crippen molar-refractivity contribution in [3.63, 3.8) is 0 Å². The fourth-order valence-corrected chi connectivity index (χ4v) is 1.95. The van der Waals surface area contributed by atoms with Crippen molar-refractivity contribution in [2.24, 2.45) is 0 Å². The van der Waals surface area contributed by atoms with E-state index in [9.17, 15) is 5.11 Å². The number of nitrogens with zero attached hydrogens (tertiary/aromatic N) is 1. The lowest BCUT2D eigenvalue weighted by Gasteiger charge is -2.14. The van der Waals surface area contributed by atoms with Gasteiger partial charge in [-0.3, -0.25) is 0 Å². The summed E-state index contributed by atoms with van der Waals surface area (Å²) < 4.78 is 2.08. The molecule has 1 heterocycles. The molecule has 90 valence electrons. The molecule has 17 heavy (non-hydrogen) atoms. The average Bonchev–Trinajstić information content (AvgIpc) is 2.79. The van der Waals surface area contributed by atoms with Crippen molar-refractivity contribution < 1.29 is 5.11 Å². The van der Waals surface area contributed by atoms with E-state index in [1.807, 2.05) is 43.6 Å². The Kier molecular flexibility index (Phi) is 3.96. The van der Waals surface area contributed by atoms with Crippen molar-refractivity contribution in [1.82, 2.24) is 9.88 Å². The van der Waals surface area contributed by atoms with Gasteiger partial charge in [0.05, 0.1) is 0 Å². The maximum Gasteiger partial charge on any atom is 0.106 e. The van der Waals surface area contributed by atoms with Gasteiger partial charge in [-0.1, -0.05) is 30.3 Å². The van der Waals surface area contributed by atoms with Gasteiger partial charge in [0.25, 0.3) is 0 Å². The number of benzene rings is 1. The number of aliphatic hydroxyl groups is 1. The van der Waals surface area contributed by atoms with Crippen LogP contribution in [0.2, 0.25) is 0 Å². The lowest BCUT2D eigenvalue weighted by molar-refractivity contribution is 0.169. The van der Waals surface area contributed by atoms with Crippen LogP contribution in [0.3, 0.4) is 0 Å². The maximum atomic E-state index is 9.98. The molecule has 1 aromatic heterocycles. The number of likely N-dealkylation sites (N-methyl/N-ethyl adjacent to an activating group) is 1. The monoisotopic (exact) mass is 230 g/mol. The highest BCUT2D eigenvalue weighted by Crippen LogP contribution is 2.15. The van der Waals surface area contributed by atoms with Gasteiger partial charge in [0, 0.05) is 25.0 Å². The predicted octanol–water partition coefficient (Wildman–Crippen LogP) is 1.79. The third-order valence-electron chi connectivity index (χ3n) is 2.80. The van der Waals surface area contributed by atoms with Crippen LogP contribution in [0.25, 0.3) is 0 Å². The van der Waals surface area contributed by atoms with Gasteiger partial charge in [-0.15, -0.1) is 0 Å². The molecule has 2 rings (SSSR count). The minimum atomic E-state index is -0.460. The summed E-state index contributed by atoms with van der Waals surface area (Å²) in [5.41, 5.74) is 2.19. The van der Waals surface area contributed by atoms with E-state index in [1.54, 1.807) is 0 Å². The van der Waals surface area contributed by atoms with Gasteiger partial charge in [-0.25, -0.2) is 0 Å². The van der Waals surface area contributed by atoms with Crippen molar-refractivity contribution in [3.8, 4) is 0 Å². The fraction of sp³-hybridized carbons (Fsp3) is 0.286. The lowest BCUT2D eigenvalue weighted by Crippen LogP contribution is -2.19. The number of aromatic nitrogens is 1. The third-order valence-corrected chi connectivity index (χ3v) is 2.80. The molecule has 3 nitrogen and oxygen atoms in total. The summed E-state index contributed by atoms with van der Waals surface area (Å²) in [6, 6.07) is 14.2. The Morgan fingerprint density at radius 3 is 2.65 bits per heavy atom. The van der Waals surface area contributed by atoms with E-state index in [4.69, 9.17) is 0 Å². The molecule has 1 unspecified atom stereocenters. The lowest BCUT2D eigenvalue weighted by atomic mass is 10.2. The fourth-order valence-electron chi connectivity index (χ4n) is 1.95. The highest BCUT2D eigenvalue weighted by Gasteiger charge is 2.10. The van der Waals surface area contributed by atoms with Gasteiger partial charge in [0.15, 0.2) is 0 Å². The van der Waals surface area contributed by atoms with E-state index in [-0.39, 0.29) is 0 Å². The van der Waals surface area contributed by atoms with Gasteiger partial charge in [-0.2, -0.15) is 0 Å². The summed E-state index contributed by atoms with van der Waals surface area (Å²) >= 11 is 0. The second-order valence-electron chi connectivity index (χ2n) is 4.12. The quantitative estimate of drug-likeness (QED) is 0.821. The SMILES string of the molecule is CNCC(O)c1cccn1Cc1ccccc1. The molecule has 0 aliphatic heterocycles. The number of nitrogens with one attached hydrogen (secondary N) is 1. The standard InChI is InChI=1S/C14H18N2O/c1-15-10-14(17)13-8-5-9-16(13)11-12-6-3-2-4-7-12/h2-9,14-15,17H,10-11H2,1H3. The summed E-state index contributed by atoms with van der Waals surface area (Å²) in [6.45, 7) is 1.36. The second-order valence-corrected chi connectivity index (χ2v) is 4.12. The van der Waals surface area contributed by atoms with E-state index in [0.29, 0.717) is 6.54 Å². The molecule has 0 spiro atoms. The average molecular weight is 230 g/mol. The Balaban J connectivity index is 2.14. The Labute approximate surface area is 102 Å². The highest BCUT2D eigenvalue weighted by atomic mass is 16.3. The first-order valence-electron chi connectivity index (χ1n) is 5.83. The number of aliphatic hydroxyl groups excluding tert-OH is 1. The molecule has 3 heteroatoms.